The highest BCUT2D eigenvalue weighted by Crippen LogP contribution is 2.23. The fourth-order valence-corrected chi connectivity index (χ4v) is 2.18. The molecule has 0 aliphatic carbocycles. The molecule has 0 aliphatic heterocycles. The van der Waals surface area contributed by atoms with Crippen molar-refractivity contribution in [2.45, 2.75) is 26.8 Å². The Morgan fingerprint density at radius 1 is 0.889 bits per heavy atom. The molecule has 0 amide bonds. The molecule has 0 aromatic heterocycles. The van der Waals surface area contributed by atoms with Crippen LogP contribution in [0.15, 0.2) is 42.5 Å². The molecule has 18 heavy (non-hydrogen) atoms. The molecule has 0 aliphatic rings. The van der Waals surface area contributed by atoms with E-state index < -0.39 is 0 Å². The Kier molecular flexibility index (Phi) is 3.80. The predicted octanol–water partition coefficient (Wildman–Crippen LogP) is 3.16. The smallest absolute Gasteiger partial charge is 0.0710 e. The topological polar surface area (TPSA) is 38.0 Å². The number of rotatable bonds is 3. The van der Waals surface area contributed by atoms with Gasteiger partial charge in [0.25, 0.3) is 0 Å². The van der Waals surface area contributed by atoms with E-state index in [-0.39, 0.29) is 6.04 Å². The van der Waals surface area contributed by atoms with E-state index in [0.717, 1.165) is 0 Å². The van der Waals surface area contributed by atoms with Crippen LogP contribution >= 0.6 is 0 Å². The summed E-state index contributed by atoms with van der Waals surface area (Å²) in [5.41, 5.74) is 9.15. The Labute approximate surface area is 109 Å². The average molecular weight is 240 g/mol. The van der Waals surface area contributed by atoms with Gasteiger partial charge < -0.3 is 0 Å². The van der Waals surface area contributed by atoms with Crippen LogP contribution in [0.2, 0.25) is 0 Å². The van der Waals surface area contributed by atoms with Gasteiger partial charge in [-0.25, -0.2) is 5.43 Å². The Morgan fingerprint density at radius 2 is 1.61 bits per heavy atom. The molecule has 0 spiro atoms. The highest BCUT2D eigenvalue weighted by molar-refractivity contribution is 5.38. The maximum atomic E-state index is 5.73. The zero-order chi connectivity index (χ0) is 13.1. The summed E-state index contributed by atoms with van der Waals surface area (Å²) in [5.74, 6) is 5.73. The standard InChI is InChI=1S/C16H20N2/c1-11-5-4-6-14(9-11)16(18-17)15-8-7-12(2)13(3)10-15/h4-10,16,18H,17H2,1-3H3. The van der Waals surface area contributed by atoms with Gasteiger partial charge in [0.1, 0.15) is 0 Å². The summed E-state index contributed by atoms with van der Waals surface area (Å²) in [6, 6.07) is 15.0. The van der Waals surface area contributed by atoms with Gasteiger partial charge in [0.2, 0.25) is 0 Å². The molecule has 0 radical (unpaired) electrons. The minimum Gasteiger partial charge on any atom is -0.271 e. The first-order valence-electron chi connectivity index (χ1n) is 6.21. The van der Waals surface area contributed by atoms with E-state index in [2.05, 4.69) is 68.7 Å². The highest BCUT2D eigenvalue weighted by Gasteiger charge is 2.12. The zero-order valence-corrected chi connectivity index (χ0v) is 11.2. The minimum absolute atomic E-state index is 0.0456. The van der Waals surface area contributed by atoms with Gasteiger partial charge in [-0.15, -0.1) is 0 Å². The third-order valence-electron chi connectivity index (χ3n) is 3.41. The van der Waals surface area contributed by atoms with E-state index in [9.17, 15) is 0 Å². The van der Waals surface area contributed by atoms with E-state index in [1.54, 1.807) is 0 Å². The Balaban J connectivity index is 2.42. The second-order valence-electron chi connectivity index (χ2n) is 4.86. The normalized spacial score (nSPS) is 12.4. The predicted molar refractivity (Wildman–Crippen MR) is 76.3 cm³/mol. The lowest BCUT2D eigenvalue weighted by molar-refractivity contribution is 0.636. The van der Waals surface area contributed by atoms with Crippen LogP contribution < -0.4 is 11.3 Å². The fourth-order valence-electron chi connectivity index (χ4n) is 2.18. The molecule has 1 unspecified atom stereocenters. The van der Waals surface area contributed by atoms with Crippen LogP contribution in [-0.4, -0.2) is 0 Å². The molecule has 1 atom stereocenters. The third kappa shape index (κ3) is 2.61. The summed E-state index contributed by atoms with van der Waals surface area (Å²) in [6.45, 7) is 6.34. The van der Waals surface area contributed by atoms with Crippen LogP contribution in [0.1, 0.15) is 33.9 Å². The molecule has 0 bridgehead atoms. The lowest BCUT2D eigenvalue weighted by Gasteiger charge is -2.18. The van der Waals surface area contributed by atoms with Crippen LogP contribution in [-0.2, 0) is 0 Å². The molecule has 0 heterocycles. The maximum absolute atomic E-state index is 5.73. The Bertz CT molecular complexity index is 547. The number of nitrogens with one attached hydrogen (secondary N) is 1. The molecule has 2 aromatic rings. The average Bonchev–Trinajstić information content (AvgIpc) is 2.35. The van der Waals surface area contributed by atoms with Crippen molar-refractivity contribution in [2.75, 3.05) is 0 Å². The summed E-state index contributed by atoms with van der Waals surface area (Å²) in [5, 5.41) is 0. The van der Waals surface area contributed by atoms with Crippen molar-refractivity contribution in [3.05, 3.63) is 70.3 Å². The molecular formula is C16H20N2. The summed E-state index contributed by atoms with van der Waals surface area (Å²) in [4.78, 5) is 0. The first-order chi connectivity index (χ1) is 8.61. The van der Waals surface area contributed by atoms with Crippen molar-refractivity contribution >= 4 is 0 Å². The number of benzene rings is 2. The van der Waals surface area contributed by atoms with Crippen molar-refractivity contribution in [1.29, 1.82) is 0 Å². The number of hydrogen-bond donors (Lipinski definition) is 2. The van der Waals surface area contributed by atoms with Crippen LogP contribution in [0.5, 0.6) is 0 Å². The second-order valence-corrected chi connectivity index (χ2v) is 4.86. The first kappa shape index (κ1) is 12.8. The van der Waals surface area contributed by atoms with Gasteiger partial charge in [0, 0.05) is 0 Å². The molecule has 0 saturated heterocycles. The third-order valence-corrected chi connectivity index (χ3v) is 3.41. The molecule has 3 N–H and O–H groups in total. The van der Waals surface area contributed by atoms with Gasteiger partial charge in [0.05, 0.1) is 6.04 Å². The maximum Gasteiger partial charge on any atom is 0.0710 e. The lowest BCUT2D eigenvalue weighted by atomic mass is 9.95. The van der Waals surface area contributed by atoms with E-state index in [1.807, 2.05) is 0 Å². The summed E-state index contributed by atoms with van der Waals surface area (Å²) < 4.78 is 0. The van der Waals surface area contributed by atoms with E-state index in [1.165, 1.54) is 27.8 Å². The molecular weight excluding hydrogens is 220 g/mol. The first-order valence-corrected chi connectivity index (χ1v) is 6.21. The minimum atomic E-state index is 0.0456. The van der Waals surface area contributed by atoms with E-state index in [4.69, 9.17) is 5.84 Å². The summed E-state index contributed by atoms with van der Waals surface area (Å²) in [7, 11) is 0. The molecule has 2 nitrogen and oxygen atoms in total. The number of hydrogen-bond acceptors (Lipinski definition) is 2. The largest absolute Gasteiger partial charge is 0.271 e. The zero-order valence-electron chi connectivity index (χ0n) is 11.2. The summed E-state index contributed by atoms with van der Waals surface area (Å²) in [6.07, 6.45) is 0. The molecule has 0 fully saturated rings. The van der Waals surface area contributed by atoms with Crippen LogP contribution in [0.3, 0.4) is 0 Å². The van der Waals surface area contributed by atoms with Crippen LogP contribution in [0, 0.1) is 20.8 Å². The number of aryl methyl sites for hydroxylation is 3. The molecule has 94 valence electrons. The number of hydrazine groups is 1. The van der Waals surface area contributed by atoms with Gasteiger partial charge in [-0.1, -0.05) is 48.0 Å². The Hall–Kier alpha value is -1.64. The van der Waals surface area contributed by atoms with Crippen LogP contribution in [0.25, 0.3) is 0 Å². The monoisotopic (exact) mass is 240 g/mol. The molecule has 2 rings (SSSR count). The molecule has 2 heteroatoms. The van der Waals surface area contributed by atoms with Gasteiger partial charge in [0.15, 0.2) is 0 Å². The van der Waals surface area contributed by atoms with Crippen molar-refractivity contribution in [1.82, 2.24) is 5.43 Å². The van der Waals surface area contributed by atoms with Crippen molar-refractivity contribution in [3.63, 3.8) is 0 Å². The van der Waals surface area contributed by atoms with Crippen LogP contribution in [0.4, 0.5) is 0 Å². The van der Waals surface area contributed by atoms with E-state index >= 15 is 0 Å². The van der Waals surface area contributed by atoms with Gasteiger partial charge in [-0.05, 0) is 43.0 Å². The van der Waals surface area contributed by atoms with Gasteiger partial charge in [-0.3, -0.25) is 5.84 Å². The quantitative estimate of drug-likeness (QED) is 0.639. The number of nitrogens with two attached hydrogens (primary N) is 1. The van der Waals surface area contributed by atoms with Gasteiger partial charge in [-0.2, -0.15) is 0 Å². The summed E-state index contributed by atoms with van der Waals surface area (Å²) >= 11 is 0. The van der Waals surface area contributed by atoms with Crippen molar-refractivity contribution < 1.29 is 0 Å². The van der Waals surface area contributed by atoms with Crippen molar-refractivity contribution in [2.24, 2.45) is 5.84 Å². The SMILES string of the molecule is Cc1cccc(C(NN)c2ccc(C)c(C)c2)c1. The second kappa shape index (κ2) is 5.34. The Morgan fingerprint density at radius 3 is 2.22 bits per heavy atom. The fraction of sp³-hybridized carbons (Fsp3) is 0.250. The molecule has 2 aromatic carbocycles. The molecule has 0 saturated carbocycles. The lowest BCUT2D eigenvalue weighted by Crippen LogP contribution is -2.28. The van der Waals surface area contributed by atoms with Crippen molar-refractivity contribution in [3.8, 4) is 0 Å². The highest BCUT2D eigenvalue weighted by atomic mass is 15.2. The van der Waals surface area contributed by atoms with Gasteiger partial charge >= 0.3 is 0 Å². The van der Waals surface area contributed by atoms with E-state index in [0.29, 0.717) is 0 Å².